The molecule has 3 aromatic carbocycles. The molecule has 0 unspecified atom stereocenters. The Bertz CT molecular complexity index is 1380. The second kappa shape index (κ2) is 8.41. The SMILES string of the molecule is CC(=O)Nc1cccc(NC(=O)c2ccc3c(=O)n(-c4cccc(Cl)c4)cnc3c2)c1. The van der Waals surface area contributed by atoms with Crippen molar-refractivity contribution in [2.75, 3.05) is 10.6 Å². The average molecular weight is 433 g/mol. The molecule has 1 heterocycles. The van der Waals surface area contributed by atoms with Crippen molar-refractivity contribution in [3.63, 3.8) is 0 Å². The Morgan fingerprint density at radius 2 is 1.68 bits per heavy atom. The number of rotatable bonds is 4. The smallest absolute Gasteiger partial charge is 0.265 e. The number of carbonyl (C=O) groups is 2. The van der Waals surface area contributed by atoms with E-state index in [1.54, 1.807) is 66.7 Å². The topological polar surface area (TPSA) is 93.1 Å². The van der Waals surface area contributed by atoms with Crippen LogP contribution in [0.1, 0.15) is 17.3 Å². The summed E-state index contributed by atoms with van der Waals surface area (Å²) >= 11 is 6.02. The van der Waals surface area contributed by atoms with E-state index in [0.29, 0.717) is 38.6 Å². The van der Waals surface area contributed by atoms with Gasteiger partial charge < -0.3 is 10.6 Å². The molecule has 0 bridgehead atoms. The Labute approximate surface area is 182 Å². The van der Waals surface area contributed by atoms with Crippen LogP contribution in [0, 0.1) is 0 Å². The molecular weight excluding hydrogens is 416 g/mol. The zero-order chi connectivity index (χ0) is 22.0. The van der Waals surface area contributed by atoms with Crippen LogP contribution in [0.5, 0.6) is 0 Å². The van der Waals surface area contributed by atoms with Crippen LogP contribution in [0.25, 0.3) is 16.6 Å². The minimum Gasteiger partial charge on any atom is -0.326 e. The largest absolute Gasteiger partial charge is 0.326 e. The van der Waals surface area contributed by atoms with Gasteiger partial charge in [-0.2, -0.15) is 0 Å². The van der Waals surface area contributed by atoms with Crippen LogP contribution in [0.2, 0.25) is 5.02 Å². The summed E-state index contributed by atoms with van der Waals surface area (Å²) in [6.45, 7) is 1.41. The summed E-state index contributed by atoms with van der Waals surface area (Å²) in [5, 5.41) is 6.34. The molecule has 0 saturated heterocycles. The number of nitrogens with zero attached hydrogens (tertiary/aromatic N) is 2. The van der Waals surface area contributed by atoms with E-state index >= 15 is 0 Å². The number of carbonyl (C=O) groups excluding carboxylic acids is 2. The van der Waals surface area contributed by atoms with E-state index in [0.717, 1.165) is 0 Å². The minimum atomic E-state index is -0.359. The number of fused-ring (bicyclic) bond motifs is 1. The molecule has 2 amide bonds. The molecule has 0 saturated carbocycles. The first-order valence-electron chi connectivity index (χ1n) is 9.37. The Hall–Kier alpha value is -3.97. The zero-order valence-electron chi connectivity index (χ0n) is 16.4. The van der Waals surface area contributed by atoms with E-state index in [-0.39, 0.29) is 17.4 Å². The van der Waals surface area contributed by atoms with E-state index in [4.69, 9.17) is 11.6 Å². The van der Waals surface area contributed by atoms with Crippen LogP contribution in [-0.2, 0) is 4.79 Å². The third-order valence-corrected chi connectivity index (χ3v) is 4.78. The van der Waals surface area contributed by atoms with Gasteiger partial charge in [-0.3, -0.25) is 19.0 Å². The lowest BCUT2D eigenvalue weighted by Crippen LogP contribution is -2.19. The second-order valence-electron chi connectivity index (χ2n) is 6.85. The highest BCUT2D eigenvalue weighted by Crippen LogP contribution is 2.18. The summed E-state index contributed by atoms with van der Waals surface area (Å²) in [4.78, 5) is 41.1. The van der Waals surface area contributed by atoms with Crippen molar-refractivity contribution in [3.8, 4) is 5.69 Å². The molecule has 0 aliphatic rings. The summed E-state index contributed by atoms with van der Waals surface area (Å²) in [6, 6.07) is 18.4. The minimum absolute atomic E-state index is 0.201. The van der Waals surface area contributed by atoms with Crippen molar-refractivity contribution < 1.29 is 9.59 Å². The highest BCUT2D eigenvalue weighted by atomic mass is 35.5. The number of benzene rings is 3. The second-order valence-corrected chi connectivity index (χ2v) is 7.28. The van der Waals surface area contributed by atoms with Gasteiger partial charge in [-0.05, 0) is 54.6 Å². The van der Waals surface area contributed by atoms with Crippen molar-refractivity contribution in [1.29, 1.82) is 0 Å². The summed E-state index contributed by atoms with van der Waals surface area (Å²) in [7, 11) is 0. The maximum atomic E-state index is 12.9. The summed E-state index contributed by atoms with van der Waals surface area (Å²) < 4.78 is 1.40. The fourth-order valence-corrected chi connectivity index (χ4v) is 3.34. The molecule has 4 aromatic rings. The first-order valence-corrected chi connectivity index (χ1v) is 9.75. The number of anilines is 2. The lowest BCUT2D eigenvalue weighted by molar-refractivity contribution is -0.114. The van der Waals surface area contributed by atoms with Gasteiger partial charge in [0.05, 0.1) is 16.6 Å². The van der Waals surface area contributed by atoms with E-state index in [9.17, 15) is 14.4 Å². The number of hydrogen-bond acceptors (Lipinski definition) is 4. The predicted molar refractivity (Wildman–Crippen MR) is 121 cm³/mol. The number of halogens is 1. The van der Waals surface area contributed by atoms with Crippen LogP contribution < -0.4 is 16.2 Å². The highest BCUT2D eigenvalue weighted by molar-refractivity contribution is 6.30. The Kier molecular flexibility index (Phi) is 5.51. The van der Waals surface area contributed by atoms with Gasteiger partial charge in [0.15, 0.2) is 0 Å². The monoisotopic (exact) mass is 432 g/mol. The number of amides is 2. The predicted octanol–water partition coefficient (Wildman–Crippen LogP) is 4.25. The van der Waals surface area contributed by atoms with E-state index in [2.05, 4.69) is 15.6 Å². The van der Waals surface area contributed by atoms with Crippen molar-refractivity contribution in [1.82, 2.24) is 9.55 Å². The Morgan fingerprint density at radius 1 is 0.935 bits per heavy atom. The fourth-order valence-electron chi connectivity index (χ4n) is 3.15. The van der Waals surface area contributed by atoms with Crippen LogP contribution in [-0.4, -0.2) is 21.4 Å². The van der Waals surface area contributed by atoms with Gasteiger partial charge in [-0.25, -0.2) is 4.98 Å². The van der Waals surface area contributed by atoms with Gasteiger partial charge in [0, 0.05) is 28.9 Å². The molecular formula is C23H17ClN4O3. The molecule has 4 rings (SSSR count). The van der Waals surface area contributed by atoms with Gasteiger partial charge >= 0.3 is 0 Å². The maximum absolute atomic E-state index is 12.9. The van der Waals surface area contributed by atoms with Gasteiger partial charge in [-0.15, -0.1) is 0 Å². The van der Waals surface area contributed by atoms with Crippen molar-refractivity contribution >= 4 is 45.7 Å². The molecule has 31 heavy (non-hydrogen) atoms. The standard InChI is InChI=1S/C23H17ClN4O3/c1-14(29)26-17-5-3-6-18(12-17)27-22(30)15-8-9-20-21(10-15)25-13-28(23(20)31)19-7-2-4-16(24)11-19/h2-13H,1H3,(H,26,29)(H,27,30). The molecule has 8 heteroatoms. The molecule has 0 spiro atoms. The van der Waals surface area contributed by atoms with Crippen LogP contribution in [0.15, 0.2) is 77.9 Å². The van der Waals surface area contributed by atoms with E-state index in [1.807, 2.05) is 0 Å². The normalized spacial score (nSPS) is 10.6. The fraction of sp³-hybridized carbons (Fsp3) is 0.0435. The van der Waals surface area contributed by atoms with Crippen molar-refractivity contribution in [3.05, 3.63) is 94.0 Å². The molecule has 0 aliphatic carbocycles. The average Bonchev–Trinajstić information content (AvgIpc) is 2.73. The maximum Gasteiger partial charge on any atom is 0.265 e. The molecule has 0 radical (unpaired) electrons. The number of nitrogens with one attached hydrogen (secondary N) is 2. The molecule has 0 atom stereocenters. The summed E-state index contributed by atoms with van der Waals surface area (Å²) in [6.07, 6.45) is 1.41. The first kappa shape index (κ1) is 20.3. The van der Waals surface area contributed by atoms with Crippen molar-refractivity contribution in [2.45, 2.75) is 6.92 Å². The third-order valence-electron chi connectivity index (χ3n) is 4.55. The lowest BCUT2D eigenvalue weighted by atomic mass is 10.1. The molecule has 2 N–H and O–H groups in total. The molecule has 1 aromatic heterocycles. The van der Waals surface area contributed by atoms with Gasteiger partial charge in [0.2, 0.25) is 5.91 Å². The first-order chi connectivity index (χ1) is 14.9. The van der Waals surface area contributed by atoms with Gasteiger partial charge in [0.25, 0.3) is 11.5 Å². The van der Waals surface area contributed by atoms with Crippen molar-refractivity contribution in [2.24, 2.45) is 0 Å². The summed E-state index contributed by atoms with van der Waals surface area (Å²) in [5.41, 5.74) is 2.20. The quantitative estimate of drug-likeness (QED) is 0.504. The van der Waals surface area contributed by atoms with Gasteiger partial charge in [-0.1, -0.05) is 23.7 Å². The van der Waals surface area contributed by atoms with Gasteiger partial charge in [0.1, 0.15) is 6.33 Å². The Balaban J connectivity index is 1.62. The zero-order valence-corrected chi connectivity index (χ0v) is 17.2. The van der Waals surface area contributed by atoms with Crippen LogP contribution in [0.3, 0.4) is 0 Å². The summed E-state index contributed by atoms with van der Waals surface area (Å²) in [5.74, 6) is -0.560. The third kappa shape index (κ3) is 4.46. The number of hydrogen-bond donors (Lipinski definition) is 2. The van der Waals surface area contributed by atoms with E-state index in [1.165, 1.54) is 17.8 Å². The highest BCUT2D eigenvalue weighted by Gasteiger charge is 2.11. The Morgan fingerprint density at radius 3 is 2.42 bits per heavy atom. The number of aromatic nitrogens is 2. The van der Waals surface area contributed by atoms with E-state index < -0.39 is 0 Å². The molecule has 0 fully saturated rings. The lowest BCUT2D eigenvalue weighted by Gasteiger charge is -2.09. The molecule has 154 valence electrons. The van der Waals surface area contributed by atoms with Crippen LogP contribution >= 0.6 is 11.6 Å². The van der Waals surface area contributed by atoms with Crippen LogP contribution in [0.4, 0.5) is 11.4 Å². The molecule has 7 nitrogen and oxygen atoms in total. The molecule has 0 aliphatic heterocycles.